The molecular weight excluding hydrogens is 338 g/mol. The van der Waals surface area contributed by atoms with Gasteiger partial charge in [-0.1, -0.05) is 19.1 Å². The Morgan fingerprint density at radius 3 is 2.63 bits per heavy atom. The van der Waals surface area contributed by atoms with Gasteiger partial charge in [0.05, 0.1) is 12.4 Å². The van der Waals surface area contributed by atoms with Crippen molar-refractivity contribution in [2.75, 3.05) is 7.05 Å². The van der Waals surface area contributed by atoms with Crippen molar-refractivity contribution in [3.8, 4) is 11.1 Å². The lowest BCUT2D eigenvalue weighted by atomic mass is 9.65. The van der Waals surface area contributed by atoms with Gasteiger partial charge in [-0.2, -0.15) is 10.2 Å². The highest BCUT2D eigenvalue weighted by Crippen LogP contribution is 2.62. The quantitative estimate of drug-likeness (QED) is 0.842. The molecular formula is C21H25N5O. The molecule has 2 heterocycles. The standard InChI is InChI=1S/C21H25N5O/c1-14-5-8-20(9-6-14)12-16-4-3-15(17-7-10-23-24-13-17)11-18(16)21(20)25-19(22)26(2)27-21/h3-4,7,10-11,13-14H,5-6,8-9,12H2,1-2H3,(H2,22,25). The Balaban J connectivity index is 1.66. The van der Waals surface area contributed by atoms with Crippen LogP contribution < -0.4 is 5.73 Å². The van der Waals surface area contributed by atoms with Crippen molar-refractivity contribution in [2.45, 2.75) is 44.8 Å². The Morgan fingerprint density at radius 1 is 1.15 bits per heavy atom. The van der Waals surface area contributed by atoms with Gasteiger partial charge in [0.1, 0.15) is 0 Å². The number of rotatable bonds is 1. The summed E-state index contributed by atoms with van der Waals surface area (Å²) in [6.45, 7) is 2.34. The molecule has 0 bridgehead atoms. The van der Waals surface area contributed by atoms with Crippen molar-refractivity contribution < 1.29 is 4.84 Å². The molecule has 1 fully saturated rings. The molecule has 3 aliphatic rings. The summed E-state index contributed by atoms with van der Waals surface area (Å²) in [5, 5.41) is 9.55. The summed E-state index contributed by atoms with van der Waals surface area (Å²) < 4.78 is 0. The van der Waals surface area contributed by atoms with E-state index in [0.29, 0.717) is 5.96 Å². The normalized spacial score (nSPS) is 32.1. The fraction of sp³-hybridized carbons (Fsp3) is 0.476. The average Bonchev–Trinajstić information content (AvgIpc) is 3.13. The van der Waals surface area contributed by atoms with Crippen LogP contribution in [-0.2, 0) is 17.0 Å². The number of guanidine groups is 1. The maximum absolute atomic E-state index is 6.44. The Labute approximate surface area is 159 Å². The van der Waals surface area contributed by atoms with Crippen LogP contribution in [0.1, 0.15) is 43.7 Å². The number of nitrogens with zero attached hydrogens (tertiary/aromatic N) is 4. The molecule has 140 valence electrons. The SMILES string of the molecule is CC1CCC2(CC1)Cc1ccc(-c3ccnnc3)cc1C21N=C(N)N(C)O1. The second-order valence-corrected chi connectivity index (χ2v) is 8.35. The van der Waals surface area contributed by atoms with Crippen LogP contribution in [0.25, 0.3) is 11.1 Å². The minimum atomic E-state index is -0.711. The number of benzene rings is 1. The van der Waals surface area contributed by atoms with E-state index in [0.717, 1.165) is 41.9 Å². The molecule has 1 saturated carbocycles. The van der Waals surface area contributed by atoms with Crippen LogP contribution in [0.15, 0.2) is 41.7 Å². The molecule has 1 atom stereocenters. The van der Waals surface area contributed by atoms with Gasteiger partial charge in [-0.05, 0) is 61.3 Å². The molecule has 1 aromatic heterocycles. The molecule has 1 aliphatic heterocycles. The number of hydrogen-bond acceptors (Lipinski definition) is 6. The van der Waals surface area contributed by atoms with Gasteiger partial charge in [0.2, 0.25) is 11.7 Å². The van der Waals surface area contributed by atoms with E-state index in [4.69, 9.17) is 15.6 Å². The van der Waals surface area contributed by atoms with E-state index >= 15 is 0 Å². The van der Waals surface area contributed by atoms with Crippen LogP contribution in [-0.4, -0.2) is 28.3 Å². The van der Waals surface area contributed by atoms with E-state index in [1.54, 1.807) is 17.5 Å². The summed E-state index contributed by atoms with van der Waals surface area (Å²) in [5.41, 5.74) is 10.1. The Bertz CT molecular complexity index is 904. The largest absolute Gasteiger partial charge is 0.368 e. The molecule has 1 unspecified atom stereocenters. The van der Waals surface area contributed by atoms with E-state index in [2.05, 4.69) is 35.3 Å². The van der Waals surface area contributed by atoms with Gasteiger partial charge in [0.25, 0.3) is 0 Å². The molecule has 2 aliphatic carbocycles. The topological polar surface area (TPSA) is 76.6 Å². The van der Waals surface area contributed by atoms with Gasteiger partial charge < -0.3 is 5.73 Å². The van der Waals surface area contributed by atoms with Gasteiger partial charge >= 0.3 is 0 Å². The summed E-state index contributed by atoms with van der Waals surface area (Å²) in [6.07, 6.45) is 9.14. The van der Waals surface area contributed by atoms with Crippen LogP contribution in [0.3, 0.4) is 0 Å². The minimum absolute atomic E-state index is 0.0215. The van der Waals surface area contributed by atoms with Gasteiger partial charge in [0, 0.05) is 23.6 Å². The lowest BCUT2D eigenvalue weighted by molar-refractivity contribution is -0.229. The highest BCUT2D eigenvalue weighted by molar-refractivity contribution is 5.79. The first-order valence-corrected chi connectivity index (χ1v) is 9.72. The smallest absolute Gasteiger partial charge is 0.220 e. The molecule has 6 nitrogen and oxygen atoms in total. The molecule has 2 N–H and O–H groups in total. The van der Waals surface area contributed by atoms with Crippen molar-refractivity contribution in [3.63, 3.8) is 0 Å². The fourth-order valence-corrected chi connectivity index (χ4v) is 5.11. The molecule has 0 radical (unpaired) electrons. The molecule has 0 saturated heterocycles. The number of fused-ring (bicyclic) bond motifs is 3. The number of aliphatic imine (C=N–C) groups is 1. The van der Waals surface area contributed by atoms with Crippen molar-refractivity contribution in [3.05, 3.63) is 47.8 Å². The fourth-order valence-electron chi connectivity index (χ4n) is 5.11. The predicted molar refractivity (Wildman–Crippen MR) is 103 cm³/mol. The summed E-state index contributed by atoms with van der Waals surface area (Å²) >= 11 is 0. The zero-order valence-electron chi connectivity index (χ0n) is 15.9. The number of hydroxylamine groups is 2. The highest BCUT2D eigenvalue weighted by Gasteiger charge is 2.63. The third kappa shape index (κ3) is 2.32. The molecule has 2 aromatic rings. The molecule has 27 heavy (non-hydrogen) atoms. The van der Waals surface area contributed by atoms with Crippen LogP contribution in [0.5, 0.6) is 0 Å². The zero-order chi connectivity index (χ0) is 18.6. The molecule has 0 amide bonds. The van der Waals surface area contributed by atoms with E-state index < -0.39 is 5.72 Å². The van der Waals surface area contributed by atoms with Crippen molar-refractivity contribution in [2.24, 2.45) is 22.1 Å². The monoisotopic (exact) mass is 363 g/mol. The van der Waals surface area contributed by atoms with Gasteiger partial charge in [-0.15, -0.1) is 0 Å². The second-order valence-electron chi connectivity index (χ2n) is 8.35. The third-order valence-electron chi connectivity index (χ3n) is 6.74. The highest BCUT2D eigenvalue weighted by atomic mass is 16.7. The van der Waals surface area contributed by atoms with E-state index in [9.17, 15) is 0 Å². The maximum Gasteiger partial charge on any atom is 0.220 e. The molecule has 1 aromatic carbocycles. The van der Waals surface area contributed by atoms with Crippen LogP contribution >= 0.6 is 0 Å². The minimum Gasteiger partial charge on any atom is -0.368 e. The van der Waals surface area contributed by atoms with E-state index in [1.165, 1.54) is 18.4 Å². The van der Waals surface area contributed by atoms with E-state index in [-0.39, 0.29) is 5.41 Å². The Hall–Kier alpha value is -2.47. The molecule has 5 rings (SSSR count). The Kier molecular flexibility index (Phi) is 3.56. The summed E-state index contributed by atoms with van der Waals surface area (Å²) in [5.74, 6) is 1.21. The number of aromatic nitrogens is 2. The lowest BCUT2D eigenvalue weighted by Crippen LogP contribution is -2.45. The van der Waals surface area contributed by atoms with Crippen molar-refractivity contribution >= 4 is 5.96 Å². The molecule has 6 heteroatoms. The first kappa shape index (κ1) is 16.7. The Morgan fingerprint density at radius 2 is 1.96 bits per heavy atom. The van der Waals surface area contributed by atoms with Crippen LogP contribution in [0, 0.1) is 11.3 Å². The van der Waals surface area contributed by atoms with Crippen molar-refractivity contribution in [1.82, 2.24) is 15.3 Å². The third-order valence-corrected chi connectivity index (χ3v) is 6.74. The first-order chi connectivity index (χ1) is 13.0. The number of nitrogens with two attached hydrogens (primary N) is 1. The van der Waals surface area contributed by atoms with Crippen molar-refractivity contribution in [1.29, 1.82) is 0 Å². The zero-order valence-corrected chi connectivity index (χ0v) is 15.9. The van der Waals surface area contributed by atoms with Gasteiger partial charge in [-0.25, -0.2) is 14.9 Å². The van der Waals surface area contributed by atoms with Gasteiger partial charge in [-0.3, -0.25) is 0 Å². The van der Waals surface area contributed by atoms with E-state index in [1.807, 2.05) is 13.1 Å². The maximum atomic E-state index is 6.44. The predicted octanol–water partition coefficient (Wildman–Crippen LogP) is 3.24. The second kappa shape index (κ2) is 5.76. The summed E-state index contributed by atoms with van der Waals surface area (Å²) in [4.78, 5) is 11.4. The van der Waals surface area contributed by atoms with Crippen LogP contribution in [0.2, 0.25) is 0 Å². The summed E-state index contributed by atoms with van der Waals surface area (Å²) in [6, 6.07) is 8.59. The van der Waals surface area contributed by atoms with Gasteiger partial charge in [0.15, 0.2) is 0 Å². The van der Waals surface area contributed by atoms with Crippen LogP contribution in [0.4, 0.5) is 0 Å². The molecule has 2 spiro atoms. The first-order valence-electron chi connectivity index (χ1n) is 9.72. The summed E-state index contributed by atoms with van der Waals surface area (Å²) in [7, 11) is 1.85. The average molecular weight is 363 g/mol. The number of hydrogen-bond donors (Lipinski definition) is 1. The lowest BCUT2D eigenvalue weighted by Gasteiger charge is -2.44.